The van der Waals surface area contributed by atoms with E-state index in [1.165, 1.54) is 6.42 Å². The van der Waals surface area contributed by atoms with Gasteiger partial charge in [0.05, 0.1) is 13.2 Å². The summed E-state index contributed by atoms with van der Waals surface area (Å²) in [5, 5.41) is 9.06. The van der Waals surface area contributed by atoms with Gasteiger partial charge >= 0.3 is 0 Å². The monoisotopic (exact) mass is 291 g/mol. The number of ketones is 1. The summed E-state index contributed by atoms with van der Waals surface area (Å²) in [5.74, 6) is 0.901. The second kappa shape index (κ2) is 7.57. The zero-order valence-electron chi connectivity index (χ0n) is 12.9. The molecule has 0 amide bonds. The van der Waals surface area contributed by atoms with Crippen LogP contribution in [0.5, 0.6) is 5.75 Å². The minimum absolute atomic E-state index is 0.141. The van der Waals surface area contributed by atoms with Crippen LogP contribution in [0.1, 0.15) is 43.0 Å². The number of nitrogens with zero attached hydrogens (tertiary/aromatic N) is 1. The van der Waals surface area contributed by atoms with Crippen LogP contribution in [0.2, 0.25) is 0 Å². The minimum Gasteiger partial charge on any atom is -0.497 e. The lowest BCUT2D eigenvalue weighted by Crippen LogP contribution is -2.49. The van der Waals surface area contributed by atoms with Crippen LogP contribution >= 0.6 is 0 Å². The molecular formula is C17H25NO3. The molecule has 0 bridgehead atoms. The van der Waals surface area contributed by atoms with Gasteiger partial charge < -0.3 is 9.84 Å². The van der Waals surface area contributed by atoms with Gasteiger partial charge in [-0.2, -0.15) is 0 Å². The fourth-order valence-electron chi connectivity index (χ4n) is 2.81. The molecule has 1 aromatic carbocycles. The van der Waals surface area contributed by atoms with Crippen LogP contribution in [0, 0.1) is 0 Å². The topological polar surface area (TPSA) is 49.8 Å². The first-order chi connectivity index (χ1) is 10.2. The van der Waals surface area contributed by atoms with Crippen molar-refractivity contribution >= 4 is 5.78 Å². The maximum atomic E-state index is 12.6. The molecule has 21 heavy (non-hydrogen) atoms. The predicted octanol–water partition coefficient (Wildman–Crippen LogP) is 2.50. The Bertz CT molecular complexity index is 454. The molecule has 116 valence electrons. The second-order valence-electron chi connectivity index (χ2n) is 5.67. The van der Waals surface area contributed by atoms with Crippen LogP contribution in [0.4, 0.5) is 0 Å². The number of carbonyl (C=O) groups excluding carboxylic acids is 1. The van der Waals surface area contributed by atoms with E-state index in [1.54, 1.807) is 7.11 Å². The lowest BCUT2D eigenvalue weighted by atomic mass is 9.89. The van der Waals surface area contributed by atoms with E-state index in [0.29, 0.717) is 6.04 Å². The lowest BCUT2D eigenvalue weighted by molar-refractivity contribution is 0.0584. The fraction of sp³-hybridized carbons (Fsp3) is 0.588. The van der Waals surface area contributed by atoms with Gasteiger partial charge in [0.25, 0.3) is 0 Å². The largest absolute Gasteiger partial charge is 0.497 e. The Morgan fingerprint density at radius 2 is 2.05 bits per heavy atom. The summed E-state index contributed by atoms with van der Waals surface area (Å²) < 4.78 is 5.13. The number of rotatable bonds is 8. The highest BCUT2D eigenvalue weighted by atomic mass is 16.5. The molecule has 1 N–H and O–H groups in total. The molecule has 0 heterocycles. The van der Waals surface area contributed by atoms with Crippen molar-refractivity contribution in [2.75, 3.05) is 20.3 Å². The molecule has 0 aromatic heterocycles. The van der Waals surface area contributed by atoms with Crippen LogP contribution in [0.25, 0.3) is 0 Å². The number of benzene rings is 1. The van der Waals surface area contributed by atoms with Crippen LogP contribution in [0.3, 0.4) is 0 Å². The van der Waals surface area contributed by atoms with Crippen molar-refractivity contribution in [2.45, 2.75) is 44.7 Å². The number of hydrogen-bond donors (Lipinski definition) is 1. The average Bonchev–Trinajstić information content (AvgIpc) is 2.48. The quantitative estimate of drug-likeness (QED) is 0.748. The van der Waals surface area contributed by atoms with E-state index in [2.05, 4.69) is 4.90 Å². The summed E-state index contributed by atoms with van der Waals surface area (Å²) in [6, 6.07) is 7.64. The first-order valence-corrected chi connectivity index (χ1v) is 7.72. The summed E-state index contributed by atoms with van der Waals surface area (Å²) in [4.78, 5) is 14.9. The number of aliphatic hydroxyl groups is 1. The SMILES string of the molecule is COc1ccc(C(=O)C(C)N(CCCO)C2CCC2)cc1. The van der Waals surface area contributed by atoms with E-state index in [-0.39, 0.29) is 18.4 Å². The van der Waals surface area contributed by atoms with E-state index < -0.39 is 0 Å². The average molecular weight is 291 g/mol. The van der Waals surface area contributed by atoms with Crippen molar-refractivity contribution in [3.8, 4) is 5.75 Å². The molecule has 1 saturated carbocycles. The highest BCUT2D eigenvalue weighted by Crippen LogP contribution is 2.27. The smallest absolute Gasteiger partial charge is 0.179 e. The van der Waals surface area contributed by atoms with Gasteiger partial charge in [-0.3, -0.25) is 9.69 Å². The van der Waals surface area contributed by atoms with Crippen molar-refractivity contribution in [3.63, 3.8) is 0 Å². The molecular weight excluding hydrogens is 266 g/mol. The maximum absolute atomic E-state index is 12.6. The molecule has 0 saturated heterocycles. The Hall–Kier alpha value is -1.39. The summed E-state index contributed by atoms with van der Waals surface area (Å²) in [6.07, 6.45) is 4.28. The lowest BCUT2D eigenvalue weighted by Gasteiger charge is -2.40. The van der Waals surface area contributed by atoms with Crippen LogP contribution < -0.4 is 4.74 Å². The molecule has 4 heteroatoms. The Morgan fingerprint density at radius 3 is 2.52 bits per heavy atom. The van der Waals surface area contributed by atoms with Gasteiger partial charge in [0.2, 0.25) is 0 Å². The Labute approximate surface area is 126 Å². The number of aliphatic hydroxyl groups excluding tert-OH is 1. The van der Waals surface area contributed by atoms with E-state index in [4.69, 9.17) is 9.84 Å². The third kappa shape index (κ3) is 3.83. The van der Waals surface area contributed by atoms with Gasteiger partial charge in [0.1, 0.15) is 5.75 Å². The molecule has 1 aromatic rings. The van der Waals surface area contributed by atoms with Crippen LogP contribution in [0.15, 0.2) is 24.3 Å². The van der Waals surface area contributed by atoms with Crippen LogP contribution in [-0.4, -0.2) is 48.1 Å². The van der Waals surface area contributed by atoms with Crippen molar-refractivity contribution in [1.82, 2.24) is 4.90 Å². The molecule has 0 radical (unpaired) electrons. The normalized spacial score (nSPS) is 16.6. The fourth-order valence-corrected chi connectivity index (χ4v) is 2.81. The molecule has 1 unspecified atom stereocenters. The highest BCUT2D eigenvalue weighted by molar-refractivity contribution is 6.00. The van der Waals surface area contributed by atoms with E-state index in [9.17, 15) is 4.79 Å². The molecule has 2 rings (SSSR count). The molecule has 1 atom stereocenters. The van der Waals surface area contributed by atoms with Crippen LogP contribution in [-0.2, 0) is 0 Å². The van der Waals surface area contributed by atoms with Crippen molar-refractivity contribution in [3.05, 3.63) is 29.8 Å². The number of carbonyl (C=O) groups is 1. The highest BCUT2D eigenvalue weighted by Gasteiger charge is 2.31. The zero-order valence-corrected chi connectivity index (χ0v) is 12.9. The van der Waals surface area contributed by atoms with Crippen molar-refractivity contribution in [1.29, 1.82) is 0 Å². The second-order valence-corrected chi connectivity index (χ2v) is 5.67. The Kier molecular flexibility index (Phi) is 5.76. The van der Waals surface area contributed by atoms with Gasteiger partial charge in [0, 0.05) is 24.8 Å². The number of methoxy groups -OCH3 is 1. The first-order valence-electron chi connectivity index (χ1n) is 7.72. The van der Waals surface area contributed by atoms with Gasteiger partial charge in [0.15, 0.2) is 5.78 Å². The van der Waals surface area contributed by atoms with Gasteiger partial charge in [-0.25, -0.2) is 0 Å². The Balaban J connectivity index is 2.06. The molecule has 0 spiro atoms. The molecule has 1 aliphatic carbocycles. The first kappa shape index (κ1) is 16.0. The third-order valence-electron chi connectivity index (χ3n) is 4.37. The molecule has 1 fully saturated rings. The summed E-state index contributed by atoms with van der Waals surface area (Å²) >= 11 is 0. The standard InChI is InChI=1S/C17H25NO3/c1-13(18(11-4-12-19)15-5-3-6-15)17(20)14-7-9-16(21-2)10-8-14/h7-10,13,15,19H,3-6,11-12H2,1-2H3. The van der Waals surface area contributed by atoms with Crippen molar-refractivity contribution < 1.29 is 14.6 Å². The molecule has 0 aliphatic heterocycles. The molecule has 1 aliphatic rings. The summed E-state index contributed by atoms with van der Waals surface area (Å²) in [7, 11) is 1.62. The third-order valence-corrected chi connectivity index (χ3v) is 4.37. The van der Waals surface area contributed by atoms with E-state index in [1.807, 2.05) is 31.2 Å². The Morgan fingerprint density at radius 1 is 1.38 bits per heavy atom. The molecule has 4 nitrogen and oxygen atoms in total. The number of Topliss-reactive ketones (excluding diaryl/α,β-unsaturated/α-hetero) is 1. The van der Waals surface area contributed by atoms with Gasteiger partial charge in [-0.15, -0.1) is 0 Å². The van der Waals surface area contributed by atoms with E-state index in [0.717, 1.165) is 37.1 Å². The van der Waals surface area contributed by atoms with Crippen molar-refractivity contribution in [2.24, 2.45) is 0 Å². The number of hydrogen-bond acceptors (Lipinski definition) is 4. The summed E-state index contributed by atoms with van der Waals surface area (Å²) in [6.45, 7) is 2.93. The minimum atomic E-state index is -0.143. The van der Waals surface area contributed by atoms with E-state index >= 15 is 0 Å². The zero-order chi connectivity index (χ0) is 15.2. The van der Waals surface area contributed by atoms with Gasteiger partial charge in [-0.1, -0.05) is 6.42 Å². The maximum Gasteiger partial charge on any atom is 0.179 e. The predicted molar refractivity (Wildman–Crippen MR) is 82.8 cm³/mol. The van der Waals surface area contributed by atoms with Gasteiger partial charge in [-0.05, 0) is 50.5 Å². The summed E-state index contributed by atoms with van der Waals surface area (Å²) in [5.41, 5.74) is 0.719. The number of ether oxygens (including phenoxy) is 1.